The molecule has 0 fully saturated rings. The van der Waals surface area contributed by atoms with E-state index in [9.17, 15) is 9.90 Å². The number of hydrogen-bond donors (Lipinski definition) is 1. The largest absolute Gasteiger partial charge is 0.512 e. The number of allylic oxidation sites excluding steroid dienone is 2. The Morgan fingerprint density at radius 1 is 0.854 bits per heavy atom. The first kappa shape index (κ1) is 39.7. The number of carbonyl (C=O) groups excluding carboxylic acids is 1. The number of ketones is 1. The van der Waals surface area contributed by atoms with Crippen LogP contribution in [0.3, 0.4) is 0 Å². The monoisotopic (exact) mass is 829 g/mol. The van der Waals surface area contributed by atoms with Gasteiger partial charge < -0.3 is 14.5 Å². The zero-order valence-corrected chi connectivity index (χ0v) is 33.9. The number of aliphatic hydroxyl groups is 1. The van der Waals surface area contributed by atoms with Crippen LogP contribution >= 0.6 is 0 Å². The Balaban J connectivity index is 0.000000334. The van der Waals surface area contributed by atoms with Crippen molar-refractivity contribution < 1.29 is 34.4 Å². The van der Waals surface area contributed by atoms with Crippen LogP contribution in [0.2, 0.25) is 0 Å². The molecule has 0 amide bonds. The summed E-state index contributed by atoms with van der Waals surface area (Å²) in [5.74, 6) is 0.547. The number of furan rings is 1. The number of nitrogens with zero attached hydrogens (tertiary/aromatic N) is 1. The predicted molar refractivity (Wildman–Crippen MR) is 198 cm³/mol. The van der Waals surface area contributed by atoms with E-state index in [1.54, 1.807) is 0 Å². The average Bonchev–Trinajstić information content (AvgIpc) is 3.36. The van der Waals surface area contributed by atoms with Gasteiger partial charge in [-0.1, -0.05) is 124 Å². The van der Waals surface area contributed by atoms with E-state index in [0.717, 1.165) is 60.9 Å². The van der Waals surface area contributed by atoms with E-state index in [1.807, 2.05) is 33.9 Å². The Hall–Kier alpha value is -2.75. The van der Waals surface area contributed by atoms with Gasteiger partial charge in [0.05, 0.1) is 11.3 Å². The number of pyridine rings is 1. The number of hydrogen-bond acceptors (Lipinski definition) is 4. The maximum atomic E-state index is 11.7. The van der Waals surface area contributed by atoms with Gasteiger partial charge in [-0.15, -0.1) is 17.7 Å². The van der Waals surface area contributed by atoms with E-state index in [2.05, 4.69) is 91.8 Å². The average molecular weight is 829 g/mol. The van der Waals surface area contributed by atoms with Gasteiger partial charge in [-0.05, 0) is 71.2 Å². The molecule has 0 aliphatic heterocycles. The quantitative estimate of drug-likeness (QED) is 0.104. The first-order valence-electron chi connectivity index (χ1n) is 17.8. The Bertz CT molecular complexity index is 1750. The molecule has 263 valence electrons. The third kappa shape index (κ3) is 8.33. The van der Waals surface area contributed by atoms with Gasteiger partial charge in [0, 0.05) is 49.6 Å². The number of rotatable bonds is 9. The van der Waals surface area contributed by atoms with Gasteiger partial charge in [-0.25, -0.2) is 0 Å². The number of benzene rings is 2. The first-order chi connectivity index (χ1) is 22.0. The standard InChI is InChI=1S/C30H34NO.C13H24O2.Ir/c1-28(2,3)16-18-11-13-20-23-24-21(30(7,8)22-10-9-15-31-25(20)22)14-12-19(17-29(4,5)6)27(24)32-26(18)23;1-5-10(6-2)12(14)9-13(15)11(7-3)8-4;/h9-12,14-15H,16-17H2,1-8H3;9-11,14H,5-8H2,1-4H3;/q-1;;/b;12-9-;. The molecule has 2 aromatic heterocycles. The van der Waals surface area contributed by atoms with E-state index in [0.29, 0.717) is 0 Å². The molecular formula is C43H58IrNO3-. The van der Waals surface area contributed by atoms with Crippen LogP contribution in [0, 0.1) is 28.7 Å². The van der Waals surface area contributed by atoms with Crippen molar-refractivity contribution in [3.05, 3.63) is 76.7 Å². The molecule has 48 heavy (non-hydrogen) atoms. The van der Waals surface area contributed by atoms with Crippen molar-refractivity contribution in [2.24, 2.45) is 22.7 Å². The fraction of sp³-hybridized carbons (Fsp3) is 0.535. The van der Waals surface area contributed by atoms with Gasteiger partial charge in [0.15, 0.2) is 5.78 Å². The molecule has 5 rings (SSSR count). The molecule has 1 aliphatic carbocycles. The molecule has 2 aromatic carbocycles. The van der Waals surface area contributed by atoms with Crippen LogP contribution < -0.4 is 0 Å². The second-order valence-corrected chi connectivity index (χ2v) is 16.5. The normalized spacial score (nSPS) is 14.2. The minimum absolute atomic E-state index is 0. The molecule has 5 heteroatoms. The van der Waals surface area contributed by atoms with Crippen molar-refractivity contribution in [3.8, 4) is 11.3 Å². The SMILES string of the molecule is CC(C)(C)Cc1c[c-]c2c3c1oc1c(CC(C)(C)C)ccc(c13)C(C)(C)c1cccnc1-2.CCC(CC)C(=O)/C=C(\O)C(CC)CC.[Ir]. The Morgan fingerprint density at radius 2 is 1.42 bits per heavy atom. The van der Waals surface area contributed by atoms with Crippen LogP contribution in [0.25, 0.3) is 33.2 Å². The van der Waals surface area contributed by atoms with Crippen molar-refractivity contribution >= 4 is 27.7 Å². The summed E-state index contributed by atoms with van der Waals surface area (Å²) >= 11 is 0. The maximum absolute atomic E-state index is 11.7. The van der Waals surface area contributed by atoms with Gasteiger partial charge in [0.1, 0.15) is 5.58 Å². The van der Waals surface area contributed by atoms with E-state index in [4.69, 9.17) is 9.40 Å². The van der Waals surface area contributed by atoms with Crippen molar-refractivity contribution in [2.45, 2.75) is 127 Å². The zero-order valence-electron chi connectivity index (χ0n) is 31.5. The fourth-order valence-electron chi connectivity index (χ4n) is 7.17. The molecule has 1 radical (unpaired) electrons. The molecule has 0 atom stereocenters. The minimum atomic E-state index is -0.185. The summed E-state index contributed by atoms with van der Waals surface area (Å²) in [5.41, 5.74) is 9.41. The molecule has 1 aliphatic rings. The summed E-state index contributed by atoms with van der Waals surface area (Å²) in [5, 5.41) is 12.2. The first-order valence-corrected chi connectivity index (χ1v) is 17.8. The Morgan fingerprint density at radius 3 is 1.98 bits per heavy atom. The van der Waals surface area contributed by atoms with E-state index < -0.39 is 0 Å². The third-order valence-corrected chi connectivity index (χ3v) is 9.77. The topological polar surface area (TPSA) is 63.3 Å². The van der Waals surface area contributed by atoms with Crippen molar-refractivity contribution in [1.29, 1.82) is 0 Å². The molecule has 1 N–H and O–H groups in total. The Kier molecular flexibility index (Phi) is 12.8. The van der Waals surface area contributed by atoms with Gasteiger partial charge in [0.25, 0.3) is 0 Å². The minimum Gasteiger partial charge on any atom is -0.512 e. The van der Waals surface area contributed by atoms with Gasteiger partial charge in [0.2, 0.25) is 0 Å². The van der Waals surface area contributed by atoms with Crippen LogP contribution in [0.15, 0.2) is 52.8 Å². The van der Waals surface area contributed by atoms with Gasteiger partial charge in [-0.2, -0.15) is 0 Å². The molecule has 4 aromatic rings. The molecule has 4 nitrogen and oxygen atoms in total. The molecule has 0 saturated heterocycles. The summed E-state index contributed by atoms with van der Waals surface area (Å²) < 4.78 is 6.82. The zero-order chi connectivity index (χ0) is 34.9. The summed E-state index contributed by atoms with van der Waals surface area (Å²) in [6, 6.07) is 14.7. The summed E-state index contributed by atoms with van der Waals surface area (Å²) in [6.45, 7) is 26.4. The van der Waals surface area contributed by atoms with Gasteiger partial charge >= 0.3 is 0 Å². The molecular weight excluding hydrogens is 771 g/mol. The fourth-order valence-corrected chi connectivity index (χ4v) is 7.17. The number of aromatic nitrogens is 1. The maximum Gasteiger partial charge on any atom is 0.162 e. The summed E-state index contributed by atoms with van der Waals surface area (Å²) in [4.78, 5) is 16.6. The smallest absolute Gasteiger partial charge is 0.162 e. The molecule has 0 unspecified atom stereocenters. The number of aliphatic hydroxyl groups excluding tert-OH is 1. The van der Waals surface area contributed by atoms with E-state index >= 15 is 0 Å². The summed E-state index contributed by atoms with van der Waals surface area (Å²) in [7, 11) is 0. The molecule has 0 bridgehead atoms. The molecule has 0 spiro atoms. The van der Waals surface area contributed by atoms with Gasteiger partial charge in [-0.3, -0.25) is 4.79 Å². The number of carbonyl (C=O) groups is 1. The van der Waals surface area contributed by atoms with Crippen LogP contribution in [0.4, 0.5) is 0 Å². The van der Waals surface area contributed by atoms with Crippen LogP contribution in [-0.4, -0.2) is 15.9 Å². The van der Waals surface area contributed by atoms with E-state index in [-0.39, 0.29) is 59.7 Å². The molecule has 0 saturated carbocycles. The van der Waals surface area contributed by atoms with Crippen molar-refractivity contribution in [2.75, 3.05) is 0 Å². The third-order valence-electron chi connectivity index (χ3n) is 9.77. The second-order valence-electron chi connectivity index (χ2n) is 16.5. The van der Waals surface area contributed by atoms with Crippen molar-refractivity contribution in [3.63, 3.8) is 0 Å². The van der Waals surface area contributed by atoms with Crippen molar-refractivity contribution in [1.82, 2.24) is 4.98 Å². The predicted octanol–water partition coefficient (Wildman–Crippen LogP) is 12.1. The van der Waals surface area contributed by atoms with Crippen LogP contribution in [0.5, 0.6) is 0 Å². The number of fused-ring (bicyclic) bond motifs is 2. The van der Waals surface area contributed by atoms with Crippen LogP contribution in [0.1, 0.15) is 131 Å². The second kappa shape index (κ2) is 15.4. The molecule has 2 heterocycles. The Labute approximate surface area is 303 Å². The summed E-state index contributed by atoms with van der Waals surface area (Å²) in [6.07, 6.45) is 8.73. The van der Waals surface area contributed by atoms with E-state index in [1.165, 1.54) is 39.1 Å². The van der Waals surface area contributed by atoms with Crippen LogP contribution in [-0.2, 0) is 43.2 Å².